The minimum atomic E-state index is -4.43. The predicted octanol–water partition coefficient (Wildman–Crippen LogP) is 9.68. The number of anilines is 2. The first kappa shape index (κ1) is 45.7. The van der Waals surface area contributed by atoms with Gasteiger partial charge in [0.15, 0.2) is 0 Å². The summed E-state index contributed by atoms with van der Waals surface area (Å²) in [4.78, 5) is 24.6. The van der Waals surface area contributed by atoms with E-state index in [1.165, 1.54) is 48.5 Å². The van der Waals surface area contributed by atoms with E-state index in [-0.39, 0.29) is 23.0 Å². The fourth-order valence-electron chi connectivity index (χ4n) is 5.61. The largest absolute Gasteiger partial charge is 0.407 e. The zero-order chi connectivity index (χ0) is 41.9. The smallest absolute Gasteiger partial charge is 0.326 e. The number of carbonyl (C=O) groups excluding carboxylic acids is 2. The van der Waals surface area contributed by atoms with Gasteiger partial charge in [-0.05, 0) is 101 Å². The Morgan fingerprint density at radius 3 is 1.21 bits per heavy atom. The molecule has 304 valence electrons. The molecule has 2 unspecified atom stereocenters. The van der Waals surface area contributed by atoms with E-state index < -0.39 is 47.5 Å². The molecule has 4 rings (SSSR count). The summed E-state index contributed by atoms with van der Waals surface area (Å²) in [5.41, 5.74) is 7.58. The number of hydrogen-bond acceptors (Lipinski definition) is 5. The Kier molecular flexibility index (Phi) is 15.8. The molecule has 0 aliphatic heterocycles. The van der Waals surface area contributed by atoms with Gasteiger partial charge in [0, 0.05) is 28.4 Å². The Bertz CT molecular complexity index is 1670. The van der Waals surface area contributed by atoms with Crippen LogP contribution in [0.2, 0.25) is 0 Å². The normalized spacial score (nSPS) is 14.4. The molecular weight excluding hydrogens is 732 g/mol. The maximum atomic E-state index is 13.4. The molecule has 0 aromatic heterocycles. The van der Waals surface area contributed by atoms with Crippen LogP contribution in [0.25, 0.3) is 0 Å². The number of hydrogen-bond donors (Lipinski definition) is 5. The van der Waals surface area contributed by atoms with Gasteiger partial charge in [0.2, 0.25) is 11.8 Å². The van der Waals surface area contributed by atoms with Gasteiger partial charge in [-0.15, -0.1) is 0 Å². The maximum absolute atomic E-state index is 13.4. The second kappa shape index (κ2) is 19.4. The van der Waals surface area contributed by atoms with E-state index in [0.29, 0.717) is 24.2 Å². The van der Waals surface area contributed by atoms with Crippen LogP contribution in [0.1, 0.15) is 82.8 Å². The van der Waals surface area contributed by atoms with Crippen molar-refractivity contribution in [3.05, 3.63) is 131 Å². The lowest BCUT2D eigenvalue weighted by Crippen LogP contribution is -2.45. The summed E-state index contributed by atoms with van der Waals surface area (Å²) >= 11 is 0. The van der Waals surface area contributed by atoms with E-state index in [0.717, 1.165) is 11.1 Å². The molecule has 6 N–H and O–H groups in total. The Morgan fingerprint density at radius 1 is 0.536 bits per heavy atom. The lowest BCUT2D eigenvalue weighted by atomic mass is 9.99. The standard InChI is InChI=1S/C22H27F3N2O.C21H26F3N3O/c1-15(14-16-8-6-5-7-9-16)20(28)26-18-12-10-17(11-13-18)19(22(23,24)25)27-21(2,3)4;1-20(2,3)27-18(21(22,23)24)15-9-11-16(12-10-15)26-19(28)17(25)13-14-7-5-4-6-8-14/h5-13,15,19,27H,14H2,1-4H3,(H,26,28);4-12,17-18,27H,13,25H2,1-3H3,(H,26,28)/t15-,19?;17-,18?/m00/s1. The van der Waals surface area contributed by atoms with Crippen molar-refractivity contribution in [1.29, 1.82) is 0 Å². The topological polar surface area (TPSA) is 108 Å². The minimum absolute atomic E-state index is 0.0778. The van der Waals surface area contributed by atoms with E-state index in [1.54, 1.807) is 41.5 Å². The molecule has 0 saturated carbocycles. The first-order valence-corrected chi connectivity index (χ1v) is 18.2. The second-order valence-corrected chi connectivity index (χ2v) is 15.8. The third-order valence-electron chi connectivity index (χ3n) is 8.30. The van der Waals surface area contributed by atoms with Crippen molar-refractivity contribution < 1.29 is 35.9 Å². The van der Waals surface area contributed by atoms with Gasteiger partial charge in [0.25, 0.3) is 0 Å². The summed E-state index contributed by atoms with van der Waals surface area (Å²) in [5.74, 6) is -0.818. The van der Waals surface area contributed by atoms with Crippen molar-refractivity contribution in [3.63, 3.8) is 0 Å². The highest BCUT2D eigenvalue weighted by Gasteiger charge is 2.43. The van der Waals surface area contributed by atoms with E-state index in [1.807, 2.05) is 67.6 Å². The van der Waals surface area contributed by atoms with E-state index in [4.69, 9.17) is 5.73 Å². The van der Waals surface area contributed by atoms with Gasteiger partial charge in [0.05, 0.1) is 6.04 Å². The Morgan fingerprint density at radius 2 is 0.875 bits per heavy atom. The third-order valence-corrected chi connectivity index (χ3v) is 8.30. The highest BCUT2D eigenvalue weighted by atomic mass is 19.4. The lowest BCUT2D eigenvalue weighted by Gasteiger charge is -2.30. The van der Waals surface area contributed by atoms with Crippen LogP contribution in [0.15, 0.2) is 109 Å². The average molecular weight is 786 g/mol. The average Bonchev–Trinajstić information content (AvgIpc) is 3.10. The molecule has 13 heteroatoms. The molecule has 7 nitrogen and oxygen atoms in total. The van der Waals surface area contributed by atoms with Crippen LogP contribution in [0.4, 0.5) is 37.7 Å². The van der Waals surface area contributed by atoms with Gasteiger partial charge in [-0.2, -0.15) is 26.3 Å². The number of carbonyl (C=O) groups is 2. The summed E-state index contributed by atoms with van der Waals surface area (Å²) in [6, 6.07) is 26.1. The van der Waals surface area contributed by atoms with E-state index in [2.05, 4.69) is 21.3 Å². The van der Waals surface area contributed by atoms with Gasteiger partial charge >= 0.3 is 12.4 Å². The van der Waals surface area contributed by atoms with Crippen LogP contribution >= 0.6 is 0 Å². The van der Waals surface area contributed by atoms with Crippen molar-refractivity contribution in [2.75, 3.05) is 10.6 Å². The third kappa shape index (κ3) is 15.8. The first-order valence-electron chi connectivity index (χ1n) is 18.2. The molecule has 4 aromatic rings. The van der Waals surface area contributed by atoms with E-state index >= 15 is 0 Å². The van der Waals surface area contributed by atoms with Gasteiger partial charge in [-0.25, -0.2) is 0 Å². The first-order chi connectivity index (χ1) is 25.9. The van der Waals surface area contributed by atoms with Gasteiger partial charge in [-0.3, -0.25) is 20.2 Å². The molecule has 4 aromatic carbocycles. The number of halogens is 6. The van der Waals surface area contributed by atoms with Crippen molar-refractivity contribution in [1.82, 2.24) is 10.6 Å². The monoisotopic (exact) mass is 785 g/mol. The van der Waals surface area contributed by atoms with Crippen molar-refractivity contribution >= 4 is 23.2 Å². The molecule has 0 fully saturated rings. The quantitative estimate of drug-likeness (QED) is 0.0920. The van der Waals surface area contributed by atoms with Crippen molar-refractivity contribution in [2.45, 2.75) is 103 Å². The summed E-state index contributed by atoms with van der Waals surface area (Å²) in [6.45, 7) is 11.9. The Balaban J connectivity index is 0.000000300. The number of nitrogens with two attached hydrogens (primary N) is 1. The SMILES string of the molecule is CC(C)(C)NC(c1ccc(NC(=O)[C@@H](N)Cc2ccccc2)cc1)C(F)(F)F.C[C@@H](Cc1ccccc1)C(=O)Nc1ccc(C(NC(C)(C)C)C(F)(F)F)cc1. The molecule has 0 saturated heterocycles. The molecule has 2 amide bonds. The number of rotatable bonds is 12. The highest BCUT2D eigenvalue weighted by molar-refractivity contribution is 5.95. The fourth-order valence-corrected chi connectivity index (χ4v) is 5.61. The highest BCUT2D eigenvalue weighted by Crippen LogP contribution is 2.36. The van der Waals surface area contributed by atoms with Gasteiger partial charge in [0.1, 0.15) is 12.1 Å². The van der Waals surface area contributed by atoms with E-state index in [9.17, 15) is 35.9 Å². The fraction of sp³-hybridized carbons (Fsp3) is 0.395. The molecule has 0 radical (unpaired) electrons. The Hall–Kier alpha value is -4.72. The van der Waals surface area contributed by atoms with Crippen LogP contribution in [-0.2, 0) is 22.4 Å². The van der Waals surface area contributed by atoms with Crippen LogP contribution in [0.3, 0.4) is 0 Å². The van der Waals surface area contributed by atoms with Crippen molar-refractivity contribution in [3.8, 4) is 0 Å². The molecule has 0 bridgehead atoms. The molecule has 0 aliphatic carbocycles. The zero-order valence-electron chi connectivity index (χ0n) is 32.8. The van der Waals surface area contributed by atoms with Crippen LogP contribution < -0.4 is 27.0 Å². The summed E-state index contributed by atoms with van der Waals surface area (Å²) in [5, 5.41) is 10.6. The van der Waals surface area contributed by atoms with Crippen LogP contribution in [0, 0.1) is 5.92 Å². The van der Waals surface area contributed by atoms with Crippen LogP contribution in [-0.4, -0.2) is 41.3 Å². The number of amides is 2. The number of benzene rings is 4. The molecule has 0 heterocycles. The summed E-state index contributed by atoms with van der Waals surface area (Å²) < 4.78 is 80.5. The molecule has 0 aliphatic rings. The minimum Gasteiger partial charge on any atom is -0.326 e. The van der Waals surface area contributed by atoms with Crippen LogP contribution in [0.5, 0.6) is 0 Å². The summed E-state index contributed by atoms with van der Waals surface area (Å²) in [7, 11) is 0. The van der Waals surface area contributed by atoms with Gasteiger partial charge < -0.3 is 16.4 Å². The maximum Gasteiger partial charge on any atom is 0.407 e. The Labute approximate surface area is 325 Å². The zero-order valence-corrected chi connectivity index (χ0v) is 32.8. The summed E-state index contributed by atoms with van der Waals surface area (Å²) in [6.07, 6.45) is -7.88. The predicted molar refractivity (Wildman–Crippen MR) is 211 cm³/mol. The molecule has 56 heavy (non-hydrogen) atoms. The number of nitrogens with one attached hydrogen (secondary N) is 4. The van der Waals surface area contributed by atoms with Crippen molar-refractivity contribution in [2.24, 2.45) is 11.7 Å². The second-order valence-electron chi connectivity index (χ2n) is 15.8. The number of alkyl halides is 6. The lowest BCUT2D eigenvalue weighted by molar-refractivity contribution is -0.162. The molecule has 0 spiro atoms. The molecule has 4 atom stereocenters. The van der Waals surface area contributed by atoms with Gasteiger partial charge in [-0.1, -0.05) is 91.9 Å². The molecular formula is C43H53F6N5O2.